The Morgan fingerprint density at radius 2 is 1.95 bits per heavy atom. The molecule has 1 N–H and O–H groups in total. The summed E-state index contributed by atoms with van der Waals surface area (Å²) in [6.45, 7) is 3.58. The van der Waals surface area contributed by atoms with Crippen molar-refractivity contribution in [2.75, 3.05) is 13.7 Å². The van der Waals surface area contributed by atoms with Gasteiger partial charge in [0.15, 0.2) is 0 Å². The van der Waals surface area contributed by atoms with E-state index < -0.39 is 23.8 Å². The van der Waals surface area contributed by atoms with Gasteiger partial charge in [0.05, 0.1) is 7.11 Å². The number of barbiturate groups is 1. The number of nitrogens with zero attached hydrogens (tertiary/aromatic N) is 1. The van der Waals surface area contributed by atoms with Gasteiger partial charge in [-0.1, -0.05) is 18.2 Å². The number of ether oxygens (including phenoxy) is 1. The second-order valence-corrected chi connectivity index (χ2v) is 4.64. The van der Waals surface area contributed by atoms with Gasteiger partial charge in [0.1, 0.15) is 11.7 Å². The van der Waals surface area contributed by atoms with Gasteiger partial charge in [-0.15, -0.1) is 6.58 Å². The highest BCUT2D eigenvalue weighted by atomic mass is 16.5. The van der Waals surface area contributed by atoms with Crippen LogP contribution in [-0.2, 0) is 16.0 Å². The van der Waals surface area contributed by atoms with Crippen LogP contribution >= 0.6 is 0 Å². The maximum Gasteiger partial charge on any atom is 0.331 e. The van der Waals surface area contributed by atoms with Gasteiger partial charge < -0.3 is 4.74 Å². The van der Waals surface area contributed by atoms with Crippen molar-refractivity contribution in [2.24, 2.45) is 5.92 Å². The van der Waals surface area contributed by atoms with Gasteiger partial charge in [-0.05, 0) is 24.1 Å². The molecule has 1 heterocycles. The quantitative estimate of drug-likeness (QED) is 0.650. The fourth-order valence-corrected chi connectivity index (χ4v) is 2.14. The van der Waals surface area contributed by atoms with Crippen molar-refractivity contribution in [1.82, 2.24) is 10.2 Å². The fraction of sp³-hybridized carbons (Fsp3) is 0.267. The summed E-state index contributed by atoms with van der Waals surface area (Å²) >= 11 is 0. The minimum Gasteiger partial charge on any atom is -0.497 e. The second kappa shape index (κ2) is 6.21. The zero-order chi connectivity index (χ0) is 15.4. The van der Waals surface area contributed by atoms with Crippen molar-refractivity contribution in [3.63, 3.8) is 0 Å². The van der Waals surface area contributed by atoms with Gasteiger partial charge in [0.25, 0.3) is 0 Å². The summed E-state index contributed by atoms with van der Waals surface area (Å²) in [5.74, 6) is -1.28. The third-order valence-electron chi connectivity index (χ3n) is 3.27. The fourth-order valence-electron chi connectivity index (χ4n) is 2.14. The van der Waals surface area contributed by atoms with E-state index in [1.807, 2.05) is 0 Å². The Bertz CT molecular complexity index is 580. The lowest BCUT2D eigenvalue weighted by atomic mass is 9.95. The number of rotatable bonds is 5. The summed E-state index contributed by atoms with van der Waals surface area (Å²) in [5.41, 5.74) is 0.817. The summed E-state index contributed by atoms with van der Waals surface area (Å²) in [5, 5.41) is 2.19. The molecular weight excluding hydrogens is 272 g/mol. The number of amides is 4. The molecule has 6 heteroatoms. The second-order valence-electron chi connectivity index (χ2n) is 4.64. The number of urea groups is 1. The van der Waals surface area contributed by atoms with Crippen LogP contribution in [0, 0.1) is 5.92 Å². The summed E-state index contributed by atoms with van der Waals surface area (Å²) < 4.78 is 5.05. The standard InChI is InChI=1S/C15H16N2O4/c1-3-8-17-14(19)12(13(18)16-15(17)20)9-10-4-6-11(21-2)7-5-10/h3-7,12H,1,8-9H2,2H3,(H,16,18,20)/t12-/m1/s1. The van der Waals surface area contributed by atoms with E-state index in [-0.39, 0.29) is 13.0 Å². The SMILES string of the molecule is C=CCN1C(=O)NC(=O)[C@@H](Cc2ccc(OC)cc2)C1=O. The van der Waals surface area contributed by atoms with E-state index >= 15 is 0 Å². The maximum absolute atomic E-state index is 12.2. The van der Waals surface area contributed by atoms with Crippen LogP contribution in [0.2, 0.25) is 0 Å². The molecule has 0 unspecified atom stereocenters. The molecule has 21 heavy (non-hydrogen) atoms. The minimum absolute atomic E-state index is 0.0804. The number of carbonyl (C=O) groups is 3. The summed E-state index contributed by atoms with van der Waals surface area (Å²) in [4.78, 5) is 36.7. The third kappa shape index (κ3) is 3.10. The molecule has 0 radical (unpaired) electrons. The molecule has 1 aromatic rings. The maximum atomic E-state index is 12.2. The van der Waals surface area contributed by atoms with Gasteiger partial charge in [-0.2, -0.15) is 0 Å². The van der Waals surface area contributed by atoms with Crippen molar-refractivity contribution >= 4 is 17.8 Å². The van der Waals surface area contributed by atoms with Crippen LogP contribution in [0.5, 0.6) is 5.75 Å². The lowest BCUT2D eigenvalue weighted by molar-refractivity contribution is -0.142. The van der Waals surface area contributed by atoms with E-state index in [9.17, 15) is 14.4 Å². The van der Waals surface area contributed by atoms with E-state index in [0.717, 1.165) is 10.5 Å². The Hall–Kier alpha value is -2.63. The van der Waals surface area contributed by atoms with Crippen LogP contribution in [0.1, 0.15) is 5.56 Å². The molecule has 1 aromatic carbocycles. The van der Waals surface area contributed by atoms with Gasteiger partial charge >= 0.3 is 6.03 Å². The molecule has 2 rings (SSSR count). The summed E-state index contributed by atoms with van der Waals surface area (Å²) in [7, 11) is 1.56. The normalized spacial score (nSPS) is 18.4. The molecule has 110 valence electrons. The Kier molecular flexibility index (Phi) is 4.37. The topological polar surface area (TPSA) is 75.7 Å². The zero-order valence-corrected chi connectivity index (χ0v) is 11.7. The molecule has 0 bridgehead atoms. The highest BCUT2D eigenvalue weighted by Crippen LogP contribution is 2.18. The molecule has 4 amide bonds. The largest absolute Gasteiger partial charge is 0.497 e. The first-order valence-electron chi connectivity index (χ1n) is 6.47. The predicted molar refractivity (Wildman–Crippen MR) is 75.6 cm³/mol. The lowest BCUT2D eigenvalue weighted by Gasteiger charge is -2.29. The van der Waals surface area contributed by atoms with Crippen LogP contribution in [0.15, 0.2) is 36.9 Å². The van der Waals surface area contributed by atoms with E-state index in [0.29, 0.717) is 5.75 Å². The first kappa shape index (κ1) is 14.8. The summed E-state index contributed by atoms with van der Waals surface area (Å²) in [6.07, 6.45) is 1.67. The monoisotopic (exact) mass is 288 g/mol. The van der Waals surface area contributed by atoms with Crippen LogP contribution in [0.25, 0.3) is 0 Å². The van der Waals surface area contributed by atoms with Crippen molar-refractivity contribution < 1.29 is 19.1 Å². The number of carbonyl (C=O) groups excluding carboxylic acids is 3. The Labute approximate surface area is 122 Å². The van der Waals surface area contributed by atoms with Gasteiger partial charge in [0.2, 0.25) is 11.8 Å². The van der Waals surface area contributed by atoms with Crippen LogP contribution in [-0.4, -0.2) is 36.4 Å². The first-order valence-corrected chi connectivity index (χ1v) is 6.47. The van der Waals surface area contributed by atoms with Crippen LogP contribution in [0.3, 0.4) is 0 Å². The molecule has 1 saturated heterocycles. The zero-order valence-electron chi connectivity index (χ0n) is 11.7. The van der Waals surface area contributed by atoms with Gasteiger partial charge in [-0.25, -0.2) is 4.79 Å². The average Bonchev–Trinajstić information content (AvgIpc) is 2.48. The van der Waals surface area contributed by atoms with E-state index in [4.69, 9.17) is 4.74 Å². The van der Waals surface area contributed by atoms with Gasteiger partial charge in [-0.3, -0.25) is 19.8 Å². The summed E-state index contributed by atoms with van der Waals surface area (Å²) in [6, 6.07) is 6.39. The number of hydrogen-bond acceptors (Lipinski definition) is 4. The Balaban J connectivity index is 2.16. The van der Waals surface area contributed by atoms with Gasteiger partial charge in [0, 0.05) is 6.54 Å². The van der Waals surface area contributed by atoms with E-state index in [2.05, 4.69) is 11.9 Å². The molecule has 1 aliphatic rings. The molecule has 1 fully saturated rings. The van der Waals surface area contributed by atoms with Crippen molar-refractivity contribution in [2.45, 2.75) is 6.42 Å². The van der Waals surface area contributed by atoms with Crippen molar-refractivity contribution in [3.8, 4) is 5.75 Å². The number of benzene rings is 1. The number of methoxy groups -OCH3 is 1. The van der Waals surface area contributed by atoms with Crippen molar-refractivity contribution in [3.05, 3.63) is 42.5 Å². The number of nitrogens with one attached hydrogen (secondary N) is 1. The predicted octanol–water partition coefficient (Wildman–Crippen LogP) is 1.12. The van der Waals surface area contributed by atoms with E-state index in [1.165, 1.54) is 6.08 Å². The number of imide groups is 2. The highest BCUT2D eigenvalue weighted by Gasteiger charge is 2.39. The Morgan fingerprint density at radius 1 is 1.29 bits per heavy atom. The number of hydrogen-bond donors (Lipinski definition) is 1. The van der Waals surface area contributed by atoms with Crippen LogP contribution < -0.4 is 10.1 Å². The molecular formula is C15H16N2O4. The third-order valence-corrected chi connectivity index (χ3v) is 3.27. The van der Waals surface area contributed by atoms with Crippen molar-refractivity contribution in [1.29, 1.82) is 0 Å². The molecule has 1 atom stereocenters. The molecule has 0 spiro atoms. The lowest BCUT2D eigenvalue weighted by Crippen LogP contribution is -2.58. The molecule has 0 aromatic heterocycles. The molecule has 1 aliphatic heterocycles. The smallest absolute Gasteiger partial charge is 0.331 e. The molecule has 0 aliphatic carbocycles. The highest BCUT2D eigenvalue weighted by molar-refractivity contribution is 6.16. The van der Waals surface area contributed by atoms with Crippen LogP contribution in [0.4, 0.5) is 4.79 Å². The molecule has 0 saturated carbocycles. The van der Waals surface area contributed by atoms with E-state index in [1.54, 1.807) is 31.4 Å². The first-order chi connectivity index (χ1) is 10.1. The molecule has 6 nitrogen and oxygen atoms in total. The minimum atomic E-state index is -0.906. The Morgan fingerprint density at radius 3 is 2.52 bits per heavy atom. The average molecular weight is 288 g/mol.